The van der Waals surface area contributed by atoms with Gasteiger partial charge in [-0.3, -0.25) is 0 Å². The van der Waals surface area contributed by atoms with Gasteiger partial charge in [0.05, 0.1) is 0 Å². The largest absolute Gasteiger partial charge is 0.365 e. The van der Waals surface area contributed by atoms with Crippen molar-refractivity contribution in [3.63, 3.8) is 0 Å². The van der Waals surface area contributed by atoms with Gasteiger partial charge >= 0.3 is 0 Å². The predicted molar refractivity (Wildman–Crippen MR) is 156 cm³/mol. The Morgan fingerprint density at radius 3 is 1.26 bits per heavy atom. The van der Waals surface area contributed by atoms with Crippen LogP contribution in [-0.4, -0.2) is 14.2 Å². The smallest absolute Gasteiger partial charge is 0.137 e. The topological polar surface area (TPSA) is 18.5 Å². The van der Waals surface area contributed by atoms with Gasteiger partial charge in [0.1, 0.15) is 11.2 Å². The van der Waals surface area contributed by atoms with Crippen molar-refractivity contribution in [2.45, 2.75) is 36.9 Å². The van der Waals surface area contributed by atoms with Crippen LogP contribution in [0.1, 0.15) is 46.2 Å². The van der Waals surface area contributed by atoms with Gasteiger partial charge in [-0.05, 0) is 81.6 Å². The Kier molecular flexibility index (Phi) is 5.51. The van der Waals surface area contributed by atoms with Gasteiger partial charge in [-0.15, -0.1) is 0 Å². The molecule has 0 heterocycles. The monoisotopic (exact) mass is 496 g/mol. The highest BCUT2D eigenvalue weighted by Gasteiger charge is 2.46. The highest BCUT2D eigenvalue weighted by atomic mass is 16.5. The molecule has 0 N–H and O–H groups in total. The summed E-state index contributed by atoms with van der Waals surface area (Å²) >= 11 is 0. The molecule has 0 aliphatic heterocycles. The first-order valence-corrected chi connectivity index (χ1v) is 13.6. The SMILES string of the molecule is CO[C@@]12C=C[C@@](OC)(c3ccccc31)c1ccc(c3ccccc13)CCCCc1ccc2c2ccccc12. The molecular weight excluding hydrogens is 464 g/mol. The lowest BCUT2D eigenvalue weighted by atomic mass is 9.69. The zero-order valence-corrected chi connectivity index (χ0v) is 22.0. The van der Waals surface area contributed by atoms with Crippen molar-refractivity contribution in [1.82, 2.24) is 0 Å². The van der Waals surface area contributed by atoms with E-state index in [1.807, 2.05) is 14.2 Å². The van der Waals surface area contributed by atoms with Crippen molar-refractivity contribution in [3.05, 3.63) is 143 Å². The maximum atomic E-state index is 6.55. The minimum atomic E-state index is -0.733. The van der Waals surface area contributed by atoms with Crippen molar-refractivity contribution in [3.8, 4) is 0 Å². The summed E-state index contributed by atoms with van der Waals surface area (Å²) in [6, 6.07) is 35.5. The molecule has 0 radical (unpaired) electrons. The number of benzene rings is 5. The molecule has 38 heavy (non-hydrogen) atoms. The van der Waals surface area contributed by atoms with Crippen molar-refractivity contribution >= 4 is 21.5 Å². The molecule has 188 valence electrons. The van der Waals surface area contributed by atoms with E-state index in [1.54, 1.807) is 0 Å². The summed E-state index contributed by atoms with van der Waals surface area (Å²) in [4.78, 5) is 0. The van der Waals surface area contributed by atoms with E-state index in [2.05, 4.69) is 109 Å². The Labute approximate surface area is 224 Å². The molecule has 7 rings (SSSR count). The molecule has 2 aliphatic carbocycles. The summed E-state index contributed by atoms with van der Waals surface area (Å²) < 4.78 is 13.1. The lowest BCUT2D eigenvalue weighted by molar-refractivity contribution is 0.0307. The molecule has 0 fully saturated rings. The zero-order chi connectivity index (χ0) is 25.7. The summed E-state index contributed by atoms with van der Waals surface area (Å²) in [5.41, 5.74) is 5.91. The third-order valence-corrected chi connectivity index (χ3v) is 8.90. The number of aryl methyl sites for hydroxylation is 2. The summed E-state index contributed by atoms with van der Waals surface area (Å²) in [5, 5.41) is 5.13. The number of methoxy groups -OCH3 is 2. The van der Waals surface area contributed by atoms with Crippen LogP contribution in [0.3, 0.4) is 0 Å². The molecule has 0 saturated carbocycles. The molecule has 6 bridgehead atoms. The van der Waals surface area contributed by atoms with Crippen LogP contribution >= 0.6 is 0 Å². The second-order valence-corrected chi connectivity index (χ2v) is 10.6. The predicted octanol–water partition coefficient (Wildman–Crippen LogP) is 8.22. The Balaban J connectivity index is 1.61. The second-order valence-electron chi connectivity index (χ2n) is 10.6. The van der Waals surface area contributed by atoms with Crippen molar-refractivity contribution in [2.24, 2.45) is 0 Å². The third-order valence-electron chi connectivity index (χ3n) is 8.90. The minimum Gasteiger partial charge on any atom is -0.365 e. The lowest BCUT2D eigenvalue weighted by Gasteiger charge is -2.43. The molecule has 0 aromatic heterocycles. The number of ether oxygens (including phenoxy) is 2. The molecule has 0 unspecified atom stereocenters. The van der Waals surface area contributed by atoms with Gasteiger partial charge in [0.2, 0.25) is 0 Å². The fourth-order valence-electron chi connectivity index (χ4n) is 7.03. The molecule has 2 heteroatoms. The van der Waals surface area contributed by atoms with Crippen LogP contribution in [0.25, 0.3) is 21.5 Å². The molecule has 0 saturated heterocycles. The van der Waals surface area contributed by atoms with Crippen LogP contribution in [0.2, 0.25) is 0 Å². The fourth-order valence-corrected chi connectivity index (χ4v) is 7.03. The summed E-state index contributed by atoms with van der Waals surface area (Å²) in [6.45, 7) is 0. The summed E-state index contributed by atoms with van der Waals surface area (Å²) in [5.74, 6) is 0. The average molecular weight is 497 g/mol. The number of rotatable bonds is 2. The quantitative estimate of drug-likeness (QED) is 0.229. The maximum Gasteiger partial charge on any atom is 0.137 e. The molecule has 0 amide bonds. The van der Waals surface area contributed by atoms with E-state index in [0.717, 1.165) is 36.8 Å². The molecule has 5 aromatic carbocycles. The van der Waals surface area contributed by atoms with Gasteiger partial charge in [0.15, 0.2) is 0 Å². The van der Waals surface area contributed by atoms with E-state index in [4.69, 9.17) is 9.47 Å². The molecule has 0 spiro atoms. The maximum absolute atomic E-state index is 6.55. The molecule has 2 nitrogen and oxygen atoms in total. The van der Waals surface area contributed by atoms with Crippen LogP contribution in [0, 0.1) is 0 Å². The molecule has 5 aromatic rings. The average Bonchev–Trinajstić information content (AvgIpc) is 2.98. The van der Waals surface area contributed by atoms with Crippen LogP contribution in [0.4, 0.5) is 0 Å². The fraction of sp³-hybridized carbons (Fsp3) is 0.222. The van der Waals surface area contributed by atoms with Crippen LogP contribution in [0.15, 0.2) is 109 Å². The number of hydrogen-bond acceptors (Lipinski definition) is 2. The Morgan fingerprint density at radius 2 is 0.842 bits per heavy atom. The zero-order valence-electron chi connectivity index (χ0n) is 22.0. The standard InChI is InChI=1S/C36H32O2/c1-37-35-23-24-36(38-2,34-18-10-9-17-33(34)35)32-22-20-26(28-14-6-8-16-30(28)32)12-4-3-11-25-19-21-31(35)29-15-7-5-13-27(25)29/h5-10,13-24H,3-4,11-12H2,1-2H3/t35-,36+. The van der Waals surface area contributed by atoms with E-state index >= 15 is 0 Å². The normalized spacial score (nSPS) is 22.4. The number of hydrogen-bond donors (Lipinski definition) is 0. The minimum absolute atomic E-state index is 0.733. The summed E-state index contributed by atoms with van der Waals surface area (Å²) in [7, 11) is 3.65. The van der Waals surface area contributed by atoms with Gasteiger partial charge in [0, 0.05) is 25.3 Å². The van der Waals surface area contributed by atoms with Crippen molar-refractivity contribution < 1.29 is 9.47 Å². The molecule has 2 aliphatic rings. The van der Waals surface area contributed by atoms with Gasteiger partial charge in [-0.2, -0.15) is 0 Å². The first-order chi connectivity index (χ1) is 18.7. The molecular formula is C36H32O2. The highest BCUT2D eigenvalue weighted by molar-refractivity contribution is 5.92. The number of fused-ring (bicyclic) bond motifs is 19. The highest BCUT2D eigenvalue weighted by Crippen LogP contribution is 2.51. The lowest BCUT2D eigenvalue weighted by Crippen LogP contribution is -2.40. The van der Waals surface area contributed by atoms with E-state index in [0.29, 0.717) is 0 Å². The summed E-state index contributed by atoms with van der Waals surface area (Å²) in [6.07, 6.45) is 8.90. The van der Waals surface area contributed by atoms with Gasteiger partial charge in [-0.1, -0.05) is 97.1 Å². The van der Waals surface area contributed by atoms with Crippen LogP contribution in [0.5, 0.6) is 0 Å². The third kappa shape index (κ3) is 3.20. The van der Waals surface area contributed by atoms with Crippen molar-refractivity contribution in [1.29, 1.82) is 0 Å². The van der Waals surface area contributed by atoms with Crippen LogP contribution in [-0.2, 0) is 33.5 Å². The molecule has 2 atom stereocenters. The van der Waals surface area contributed by atoms with Crippen molar-refractivity contribution in [2.75, 3.05) is 14.2 Å². The van der Waals surface area contributed by atoms with E-state index in [-0.39, 0.29) is 0 Å². The van der Waals surface area contributed by atoms with Crippen LogP contribution < -0.4 is 0 Å². The Bertz CT molecular complexity index is 1590. The van der Waals surface area contributed by atoms with E-state index in [1.165, 1.54) is 43.8 Å². The van der Waals surface area contributed by atoms with Gasteiger partial charge in [0.25, 0.3) is 0 Å². The Hall–Kier alpha value is -3.72. The first-order valence-electron chi connectivity index (χ1n) is 13.6. The second kappa shape index (κ2) is 8.94. The van der Waals surface area contributed by atoms with E-state index in [9.17, 15) is 0 Å². The Morgan fingerprint density at radius 1 is 0.447 bits per heavy atom. The van der Waals surface area contributed by atoms with Gasteiger partial charge < -0.3 is 9.47 Å². The van der Waals surface area contributed by atoms with E-state index < -0.39 is 11.2 Å². The van der Waals surface area contributed by atoms with Gasteiger partial charge in [-0.25, -0.2) is 0 Å². The first kappa shape index (κ1) is 23.4.